The number of carbonyl (C=O) groups excluding carboxylic acids is 1. The minimum Gasteiger partial charge on any atom is -0.379 e. The third-order valence-corrected chi connectivity index (χ3v) is 4.79. The molecule has 134 valence electrons. The highest BCUT2D eigenvalue weighted by Gasteiger charge is 2.13. The van der Waals surface area contributed by atoms with Crippen molar-refractivity contribution < 1.29 is 9.53 Å². The van der Waals surface area contributed by atoms with Crippen LogP contribution >= 0.6 is 11.8 Å². The van der Waals surface area contributed by atoms with Crippen molar-refractivity contribution in [2.45, 2.75) is 37.3 Å². The van der Waals surface area contributed by atoms with Crippen LogP contribution in [0.5, 0.6) is 0 Å². The summed E-state index contributed by atoms with van der Waals surface area (Å²) in [7, 11) is 0. The molecule has 1 saturated heterocycles. The van der Waals surface area contributed by atoms with E-state index in [-0.39, 0.29) is 10.8 Å². The van der Waals surface area contributed by atoms with Crippen molar-refractivity contribution in [3.63, 3.8) is 0 Å². The van der Waals surface area contributed by atoms with Crippen LogP contribution in [0, 0.1) is 6.92 Å². The second-order valence-electron chi connectivity index (χ2n) is 7.03. The summed E-state index contributed by atoms with van der Waals surface area (Å²) in [6, 6.07) is 6.01. The molecule has 0 aliphatic carbocycles. The average Bonchev–Trinajstić information content (AvgIpc) is 2.49. The summed E-state index contributed by atoms with van der Waals surface area (Å²) in [6.07, 6.45) is 0. The standard InChI is InChI=1S/C18H29N3O2S/c1-14-13-15(24-18(2,3)4)5-6-16(14)20-17(22)19-7-8-21-9-11-23-12-10-21/h5-6,13H,7-12H2,1-4H3,(H2,19,20,22). The molecule has 1 aromatic carbocycles. The molecule has 1 aliphatic rings. The molecule has 1 heterocycles. The summed E-state index contributed by atoms with van der Waals surface area (Å²) in [5, 5.41) is 5.86. The summed E-state index contributed by atoms with van der Waals surface area (Å²) in [5.74, 6) is 0. The number of nitrogens with one attached hydrogen (secondary N) is 2. The van der Waals surface area contributed by atoms with Crippen molar-refractivity contribution in [1.29, 1.82) is 0 Å². The predicted molar refractivity (Wildman–Crippen MR) is 101 cm³/mol. The molecule has 24 heavy (non-hydrogen) atoms. The lowest BCUT2D eigenvalue weighted by Gasteiger charge is -2.26. The molecule has 6 heteroatoms. The maximum absolute atomic E-state index is 12.0. The van der Waals surface area contributed by atoms with Crippen LogP contribution in [-0.2, 0) is 4.74 Å². The van der Waals surface area contributed by atoms with Crippen molar-refractivity contribution in [1.82, 2.24) is 10.2 Å². The van der Waals surface area contributed by atoms with Gasteiger partial charge in [0.25, 0.3) is 0 Å². The Bertz CT molecular complexity index is 552. The highest BCUT2D eigenvalue weighted by molar-refractivity contribution is 8.00. The fourth-order valence-electron chi connectivity index (χ4n) is 2.51. The molecule has 0 radical (unpaired) electrons. The molecule has 0 atom stereocenters. The van der Waals surface area contributed by atoms with Crippen molar-refractivity contribution in [3.8, 4) is 0 Å². The third kappa shape index (κ3) is 6.71. The first-order valence-electron chi connectivity index (χ1n) is 8.48. The molecule has 1 aromatic rings. The van der Waals surface area contributed by atoms with Crippen molar-refractivity contribution >= 4 is 23.5 Å². The minimum absolute atomic E-state index is 0.150. The van der Waals surface area contributed by atoms with Gasteiger partial charge >= 0.3 is 6.03 Å². The van der Waals surface area contributed by atoms with Crippen LogP contribution in [0.1, 0.15) is 26.3 Å². The third-order valence-electron chi connectivity index (χ3n) is 3.69. The van der Waals surface area contributed by atoms with Gasteiger partial charge in [-0.25, -0.2) is 4.79 Å². The van der Waals surface area contributed by atoms with Gasteiger partial charge in [0.05, 0.1) is 13.2 Å². The Morgan fingerprint density at radius 2 is 2.00 bits per heavy atom. The summed E-state index contributed by atoms with van der Waals surface area (Å²) >= 11 is 1.83. The normalized spacial score (nSPS) is 16.0. The largest absolute Gasteiger partial charge is 0.379 e. The zero-order valence-electron chi connectivity index (χ0n) is 15.1. The number of thioether (sulfide) groups is 1. The SMILES string of the molecule is Cc1cc(SC(C)(C)C)ccc1NC(=O)NCCN1CCOCC1. The number of aryl methyl sites for hydroxylation is 1. The number of hydrogen-bond donors (Lipinski definition) is 2. The van der Waals surface area contributed by atoms with E-state index in [4.69, 9.17) is 4.74 Å². The average molecular weight is 352 g/mol. The van der Waals surface area contributed by atoms with Gasteiger partial charge in [0.2, 0.25) is 0 Å². The maximum atomic E-state index is 12.0. The van der Waals surface area contributed by atoms with Gasteiger partial charge in [-0.2, -0.15) is 0 Å². The monoisotopic (exact) mass is 351 g/mol. The Kier molecular flexibility index (Phi) is 6.95. The number of ether oxygens (including phenoxy) is 1. The summed E-state index contributed by atoms with van der Waals surface area (Å²) in [4.78, 5) is 15.6. The molecule has 0 spiro atoms. The number of nitrogens with zero attached hydrogens (tertiary/aromatic N) is 1. The van der Waals surface area contributed by atoms with Gasteiger partial charge in [-0.3, -0.25) is 4.90 Å². The van der Waals surface area contributed by atoms with Gasteiger partial charge in [0, 0.05) is 41.5 Å². The molecule has 0 unspecified atom stereocenters. The summed E-state index contributed by atoms with van der Waals surface area (Å²) in [5.41, 5.74) is 1.93. The van der Waals surface area contributed by atoms with Gasteiger partial charge in [-0.05, 0) is 30.7 Å². The number of morpholine rings is 1. The van der Waals surface area contributed by atoms with Crippen molar-refractivity contribution in [2.24, 2.45) is 0 Å². The number of benzene rings is 1. The number of rotatable bonds is 5. The first-order valence-corrected chi connectivity index (χ1v) is 9.30. The van der Waals surface area contributed by atoms with Crippen LogP contribution in [0.2, 0.25) is 0 Å². The van der Waals surface area contributed by atoms with Crippen LogP contribution in [0.15, 0.2) is 23.1 Å². The van der Waals surface area contributed by atoms with E-state index in [2.05, 4.69) is 48.4 Å². The van der Waals surface area contributed by atoms with Crippen LogP contribution in [-0.4, -0.2) is 55.1 Å². The van der Waals surface area contributed by atoms with E-state index in [1.54, 1.807) is 0 Å². The van der Waals surface area contributed by atoms with Gasteiger partial charge < -0.3 is 15.4 Å². The second-order valence-corrected chi connectivity index (χ2v) is 8.93. The fourth-order valence-corrected chi connectivity index (χ4v) is 3.59. The number of hydrogen-bond acceptors (Lipinski definition) is 4. The molecule has 5 nitrogen and oxygen atoms in total. The van der Waals surface area contributed by atoms with Crippen LogP contribution in [0.3, 0.4) is 0 Å². The van der Waals surface area contributed by atoms with Crippen molar-refractivity contribution in [2.75, 3.05) is 44.7 Å². The lowest BCUT2D eigenvalue weighted by molar-refractivity contribution is 0.0388. The first kappa shape index (κ1) is 19.1. The zero-order valence-corrected chi connectivity index (χ0v) is 16.0. The maximum Gasteiger partial charge on any atom is 0.319 e. The molecular weight excluding hydrogens is 322 g/mol. The molecule has 0 bridgehead atoms. The van der Waals surface area contributed by atoms with Crippen LogP contribution in [0.25, 0.3) is 0 Å². The van der Waals surface area contributed by atoms with E-state index in [1.807, 2.05) is 24.8 Å². The van der Waals surface area contributed by atoms with E-state index >= 15 is 0 Å². The Balaban J connectivity index is 1.78. The van der Waals surface area contributed by atoms with Gasteiger partial charge in [-0.15, -0.1) is 11.8 Å². The topological polar surface area (TPSA) is 53.6 Å². The lowest BCUT2D eigenvalue weighted by atomic mass is 10.2. The highest BCUT2D eigenvalue weighted by atomic mass is 32.2. The minimum atomic E-state index is -0.150. The Morgan fingerprint density at radius 3 is 2.62 bits per heavy atom. The zero-order chi connectivity index (χ0) is 17.6. The Morgan fingerprint density at radius 1 is 1.29 bits per heavy atom. The molecule has 1 fully saturated rings. The van der Waals surface area contributed by atoms with Crippen LogP contribution < -0.4 is 10.6 Å². The molecule has 2 amide bonds. The van der Waals surface area contributed by atoms with Crippen LogP contribution in [0.4, 0.5) is 10.5 Å². The quantitative estimate of drug-likeness (QED) is 0.799. The number of amides is 2. The molecule has 2 N–H and O–H groups in total. The molecule has 0 aromatic heterocycles. The molecular formula is C18H29N3O2S. The van der Waals surface area contributed by atoms with E-state index in [1.165, 1.54) is 4.90 Å². The molecule has 1 aliphatic heterocycles. The molecule has 0 saturated carbocycles. The van der Waals surface area contributed by atoms with E-state index < -0.39 is 0 Å². The number of carbonyl (C=O) groups is 1. The Labute approximate surface area is 149 Å². The van der Waals surface area contributed by atoms with E-state index in [9.17, 15) is 4.79 Å². The lowest BCUT2D eigenvalue weighted by Crippen LogP contribution is -2.42. The highest BCUT2D eigenvalue weighted by Crippen LogP contribution is 2.33. The van der Waals surface area contributed by atoms with Gasteiger partial charge in [-0.1, -0.05) is 20.8 Å². The first-order chi connectivity index (χ1) is 11.3. The Hall–Kier alpha value is -1.24. The summed E-state index contributed by atoms with van der Waals surface area (Å²) in [6.45, 7) is 13.6. The second kappa shape index (κ2) is 8.74. The smallest absolute Gasteiger partial charge is 0.319 e. The summed E-state index contributed by atoms with van der Waals surface area (Å²) < 4.78 is 5.49. The number of anilines is 1. The van der Waals surface area contributed by atoms with Gasteiger partial charge in [0.1, 0.15) is 0 Å². The van der Waals surface area contributed by atoms with Gasteiger partial charge in [0.15, 0.2) is 0 Å². The van der Waals surface area contributed by atoms with Crippen molar-refractivity contribution in [3.05, 3.63) is 23.8 Å². The van der Waals surface area contributed by atoms with E-state index in [0.29, 0.717) is 6.54 Å². The van der Waals surface area contributed by atoms with E-state index in [0.717, 1.165) is 44.1 Å². The predicted octanol–water partition coefficient (Wildman–Crippen LogP) is 3.34. The number of urea groups is 1. The molecule has 2 rings (SSSR count). The fraction of sp³-hybridized carbons (Fsp3) is 0.611.